The van der Waals surface area contributed by atoms with Crippen molar-refractivity contribution in [3.63, 3.8) is 0 Å². The number of likely N-dealkylation sites (tertiary alicyclic amines) is 1. The maximum absolute atomic E-state index is 13.3. The predicted octanol–water partition coefficient (Wildman–Crippen LogP) is 2.82. The third-order valence-electron chi connectivity index (χ3n) is 4.81. The number of anilines is 1. The number of hydrogen-bond acceptors (Lipinski definition) is 5. The molecular formula is C20H20FN3O2S. The zero-order valence-electron chi connectivity index (χ0n) is 14.6. The van der Waals surface area contributed by atoms with E-state index in [0.717, 1.165) is 16.8 Å². The first-order valence-electron chi connectivity index (χ1n) is 8.73. The third kappa shape index (κ3) is 3.45. The Morgan fingerprint density at radius 3 is 2.63 bits per heavy atom. The molecule has 0 aliphatic carbocycles. The second-order valence-electron chi connectivity index (χ2n) is 6.64. The first-order valence-corrected chi connectivity index (χ1v) is 9.67. The van der Waals surface area contributed by atoms with E-state index in [1.165, 1.54) is 12.1 Å². The summed E-state index contributed by atoms with van der Waals surface area (Å²) in [4.78, 5) is 16.2. The second kappa shape index (κ2) is 7.34. The van der Waals surface area contributed by atoms with Gasteiger partial charge in [0.15, 0.2) is 0 Å². The molecule has 0 aromatic heterocycles. The van der Waals surface area contributed by atoms with E-state index >= 15 is 0 Å². The number of halogens is 1. The maximum atomic E-state index is 13.3. The predicted molar refractivity (Wildman–Crippen MR) is 105 cm³/mol. The van der Waals surface area contributed by atoms with Crippen LogP contribution in [0.15, 0.2) is 54.1 Å². The molecule has 0 saturated carbocycles. The number of carbonyl (C=O) groups excluding carboxylic acids is 1. The van der Waals surface area contributed by atoms with Crippen LogP contribution in [0.2, 0.25) is 0 Å². The summed E-state index contributed by atoms with van der Waals surface area (Å²) in [6.07, 6.45) is 1.55. The molecule has 4 rings (SSSR count). The summed E-state index contributed by atoms with van der Waals surface area (Å²) in [5, 5.41) is 11.4. The minimum Gasteiger partial charge on any atom is -0.389 e. The number of hydrogen-bond donors (Lipinski definition) is 2. The lowest BCUT2D eigenvalue weighted by molar-refractivity contribution is 0.00589. The van der Waals surface area contributed by atoms with E-state index in [4.69, 9.17) is 5.73 Å². The average molecular weight is 385 g/mol. The van der Waals surface area contributed by atoms with Gasteiger partial charge in [0.25, 0.3) is 5.91 Å². The quantitative estimate of drug-likeness (QED) is 0.847. The molecule has 140 valence electrons. The Morgan fingerprint density at radius 2 is 1.96 bits per heavy atom. The van der Waals surface area contributed by atoms with Crippen LogP contribution in [-0.2, 0) is 6.54 Å². The fraction of sp³-hybridized carbons (Fsp3) is 0.250. The van der Waals surface area contributed by atoms with Gasteiger partial charge in [-0.25, -0.2) is 4.39 Å². The molecule has 2 aliphatic heterocycles. The van der Waals surface area contributed by atoms with E-state index in [9.17, 15) is 14.3 Å². The number of amides is 1. The Hall–Kier alpha value is -2.35. The largest absolute Gasteiger partial charge is 0.389 e. The van der Waals surface area contributed by atoms with Gasteiger partial charge in [0.2, 0.25) is 0 Å². The van der Waals surface area contributed by atoms with Crippen molar-refractivity contribution in [2.75, 3.05) is 18.0 Å². The molecule has 0 bridgehead atoms. The molecule has 1 atom stereocenters. The van der Waals surface area contributed by atoms with Crippen molar-refractivity contribution in [1.29, 1.82) is 0 Å². The van der Waals surface area contributed by atoms with Crippen LogP contribution in [0.25, 0.3) is 0 Å². The summed E-state index contributed by atoms with van der Waals surface area (Å²) >= 11 is 1.63. The molecule has 7 heteroatoms. The first-order chi connectivity index (χ1) is 13.1. The van der Waals surface area contributed by atoms with Crippen molar-refractivity contribution < 1.29 is 14.3 Å². The molecule has 1 fully saturated rings. The zero-order chi connectivity index (χ0) is 19.0. The zero-order valence-corrected chi connectivity index (χ0v) is 15.4. The number of nitrogens with zero attached hydrogens (tertiary/aromatic N) is 2. The molecular weight excluding hydrogens is 365 g/mol. The first kappa shape index (κ1) is 18.0. The highest BCUT2D eigenvalue weighted by atomic mass is 32.2. The van der Waals surface area contributed by atoms with Crippen molar-refractivity contribution in [1.82, 2.24) is 4.90 Å². The molecule has 0 spiro atoms. The molecule has 0 radical (unpaired) electrons. The summed E-state index contributed by atoms with van der Waals surface area (Å²) in [6, 6.07) is 12.0. The molecule has 3 N–H and O–H groups in total. The number of rotatable bonds is 4. The molecule has 2 heterocycles. The van der Waals surface area contributed by atoms with Crippen molar-refractivity contribution in [2.24, 2.45) is 5.73 Å². The van der Waals surface area contributed by atoms with Gasteiger partial charge in [-0.05, 0) is 46.9 Å². The molecule has 5 nitrogen and oxygen atoms in total. The molecule has 2 aromatic rings. The molecule has 27 heavy (non-hydrogen) atoms. The molecule has 2 aromatic carbocycles. The topological polar surface area (TPSA) is 69.8 Å². The lowest BCUT2D eigenvalue weighted by Crippen LogP contribution is -2.53. The highest BCUT2D eigenvalue weighted by Crippen LogP contribution is 2.43. The molecule has 1 saturated heterocycles. The van der Waals surface area contributed by atoms with Crippen LogP contribution >= 0.6 is 11.8 Å². The smallest absolute Gasteiger partial charge is 0.254 e. The second-order valence-corrected chi connectivity index (χ2v) is 7.63. The minimum atomic E-state index is -0.426. The molecule has 2 aliphatic rings. The van der Waals surface area contributed by atoms with E-state index < -0.39 is 6.10 Å². The highest BCUT2D eigenvalue weighted by Gasteiger charge is 2.30. The fourth-order valence-electron chi connectivity index (χ4n) is 3.33. The average Bonchev–Trinajstić information content (AvgIpc) is 3.14. The van der Waals surface area contributed by atoms with E-state index in [1.807, 2.05) is 23.7 Å². The Balaban J connectivity index is 1.61. The number of carbonyl (C=O) groups is 1. The number of benzene rings is 2. The van der Waals surface area contributed by atoms with Gasteiger partial charge in [0.05, 0.1) is 6.10 Å². The van der Waals surface area contributed by atoms with E-state index in [-0.39, 0.29) is 17.1 Å². The number of aliphatic hydroxyl groups excluding tert-OH is 1. The van der Waals surface area contributed by atoms with Crippen LogP contribution in [0, 0.1) is 5.82 Å². The number of β-amino-alcohol motifs (C(OH)–C–C–N with tert-alkyl or cyclic N) is 1. The van der Waals surface area contributed by atoms with Gasteiger partial charge in [-0.1, -0.05) is 12.1 Å². The summed E-state index contributed by atoms with van der Waals surface area (Å²) in [5.41, 5.74) is 9.31. The SMILES string of the molecule is NCc1cc(C(=O)N2CC(O)C2)ccc1N1C=CSC1c1ccc(F)cc1. The summed E-state index contributed by atoms with van der Waals surface area (Å²) < 4.78 is 13.3. The van der Waals surface area contributed by atoms with Crippen molar-refractivity contribution in [2.45, 2.75) is 18.0 Å². The van der Waals surface area contributed by atoms with Crippen LogP contribution in [0.4, 0.5) is 10.1 Å². The van der Waals surface area contributed by atoms with E-state index in [1.54, 1.807) is 34.9 Å². The highest BCUT2D eigenvalue weighted by molar-refractivity contribution is 8.02. The van der Waals surface area contributed by atoms with Gasteiger partial charge >= 0.3 is 0 Å². The van der Waals surface area contributed by atoms with Gasteiger partial charge < -0.3 is 20.6 Å². The number of aliphatic hydroxyl groups is 1. The monoisotopic (exact) mass is 385 g/mol. The Bertz CT molecular complexity index is 881. The summed E-state index contributed by atoms with van der Waals surface area (Å²) in [7, 11) is 0. The van der Waals surface area contributed by atoms with Crippen LogP contribution in [0.3, 0.4) is 0 Å². The number of nitrogens with two attached hydrogens (primary N) is 1. The fourth-order valence-corrected chi connectivity index (χ4v) is 4.31. The number of thioether (sulfide) groups is 1. The minimum absolute atomic E-state index is 0.0111. The van der Waals surface area contributed by atoms with Gasteiger partial charge in [0.1, 0.15) is 11.2 Å². The Labute approximate surface area is 161 Å². The van der Waals surface area contributed by atoms with Crippen molar-refractivity contribution in [3.05, 3.63) is 76.6 Å². The molecule has 1 unspecified atom stereocenters. The van der Waals surface area contributed by atoms with Crippen LogP contribution in [0.1, 0.15) is 26.9 Å². The van der Waals surface area contributed by atoms with Crippen molar-refractivity contribution >= 4 is 23.4 Å². The van der Waals surface area contributed by atoms with Gasteiger partial charge in [-0.2, -0.15) is 0 Å². The van der Waals surface area contributed by atoms with Crippen LogP contribution in [-0.4, -0.2) is 35.1 Å². The van der Waals surface area contributed by atoms with Crippen LogP contribution < -0.4 is 10.6 Å². The van der Waals surface area contributed by atoms with E-state index in [2.05, 4.69) is 4.90 Å². The Kier molecular flexibility index (Phi) is 4.90. The summed E-state index contributed by atoms with van der Waals surface area (Å²) in [6.45, 7) is 1.04. The Morgan fingerprint density at radius 1 is 1.22 bits per heavy atom. The van der Waals surface area contributed by atoms with Gasteiger partial charge in [-0.15, -0.1) is 11.8 Å². The third-order valence-corrected chi connectivity index (χ3v) is 5.85. The van der Waals surface area contributed by atoms with Crippen LogP contribution in [0.5, 0.6) is 0 Å². The summed E-state index contributed by atoms with van der Waals surface area (Å²) in [5.74, 6) is -0.356. The molecule has 1 amide bonds. The standard InChI is InChI=1S/C20H20FN3O2S/c21-16-4-1-13(2-5-16)20-24(7-8-27-20)18-6-3-14(9-15(18)10-22)19(26)23-11-17(25)12-23/h1-9,17,20,25H,10-12,22H2. The van der Waals surface area contributed by atoms with Gasteiger partial charge in [-0.3, -0.25) is 4.79 Å². The lowest BCUT2D eigenvalue weighted by Gasteiger charge is -2.36. The van der Waals surface area contributed by atoms with Gasteiger partial charge in [0, 0.05) is 37.1 Å². The van der Waals surface area contributed by atoms with Crippen molar-refractivity contribution in [3.8, 4) is 0 Å². The maximum Gasteiger partial charge on any atom is 0.254 e. The lowest BCUT2D eigenvalue weighted by atomic mass is 10.0. The van der Waals surface area contributed by atoms with E-state index in [0.29, 0.717) is 25.2 Å². The normalized spacial score (nSPS) is 19.4.